The first kappa shape index (κ1) is 18.9. The van der Waals surface area contributed by atoms with Gasteiger partial charge in [-0.25, -0.2) is 0 Å². The van der Waals surface area contributed by atoms with Crippen molar-refractivity contribution in [1.29, 1.82) is 0 Å². The fraction of sp³-hybridized carbons (Fsp3) is 0.438. The van der Waals surface area contributed by atoms with Gasteiger partial charge in [0.2, 0.25) is 17.5 Å². The van der Waals surface area contributed by atoms with E-state index in [0.717, 1.165) is 0 Å². The topological polar surface area (TPSA) is 95.7 Å². The van der Waals surface area contributed by atoms with Gasteiger partial charge in [-0.15, -0.1) is 10.2 Å². The van der Waals surface area contributed by atoms with Crippen molar-refractivity contribution >= 4 is 17.7 Å². The molecule has 1 aromatic heterocycles. The molecule has 0 bridgehead atoms. The highest BCUT2D eigenvalue weighted by Crippen LogP contribution is 2.41. The van der Waals surface area contributed by atoms with E-state index in [1.54, 1.807) is 19.1 Å². The second-order valence-electron chi connectivity index (χ2n) is 4.94. The van der Waals surface area contributed by atoms with Crippen LogP contribution >= 0.6 is 11.8 Å². The quantitative estimate of drug-likeness (QED) is 0.711. The number of nitrogens with one attached hydrogen (secondary N) is 1. The summed E-state index contributed by atoms with van der Waals surface area (Å²) >= 11 is 1.20. The normalized spacial score (nSPS) is 11.7. The van der Waals surface area contributed by atoms with Gasteiger partial charge >= 0.3 is 0 Å². The second kappa shape index (κ2) is 8.61. The highest BCUT2D eigenvalue weighted by molar-refractivity contribution is 8.00. The number of ether oxygens (including phenoxy) is 3. The van der Waals surface area contributed by atoms with Crippen molar-refractivity contribution in [3.8, 4) is 28.7 Å². The molecule has 0 saturated heterocycles. The Morgan fingerprint density at radius 2 is 1.84 bits per heavy atom. The van der Waals surface area contributed by atoms with Crippen LogP contribution in [0, 0.1) is 0 Å². The number of carbonyl (C=O) groups excluding carboxylic acids is 1. The van der Waals surface area contributed by atoms with Gasteiger partial charge < -0.3 is 23.9 Å². The molecule has 0 unspecified atom stereocenters. The lowest BCUT2D eigenvalue weighted by atomic mass is 10.2. The van der Waals surface area contributed by atoms with E-state index in [-0.39, 0.29) is 11.2 Å². The predicted molar refractivity (Wildman–Crippen MR) is 93.4 cm³/mol. The number of nitrogens with zero attached hydrogens (tertiary/aromatic N) is 2. The largest absolute Gasteiger partial charge is 0.493 e. The molecule has 1 N–H and O–H groups in total. The molecule has 1 heterocycles. The van der Waals surface area contributed by atoms with E-state index in [9.17, 15) is 4.79 Å². The number of hydrogen-bond acceptors (Lipinski definition) is 8. The first-order chi connectivity index (χ1) is 12.0. The van der Waals surface area contributed by atoms with E-state index >= 15 is 0 Å². The number of aromatic nitrogens is 2. The van der Waals surface area contributed by atoms with Crippen molar-refractivity contribution in [3.05, 3.63) is 12.1 Å². The van der Waals surface area contributed by atoms with E-state index in [4.69, 9.17) is 18.6 Å². The third-order valence-electron chi connectivity index (χ3n) is 3.32. The van der Waals surface area contributed by atoms with Crippen LogP contribution in [0.1, 0.15) is 13.8 Å². The van der Waals surface area contributed by atoms with Gasteiger partial charge in [-0.2, -0.15) is 0 Å². The maximum atomic E-state index is 11.8. The molecule has 2 aromatic rings. The number of thioether (sulfide) groups is 1. The standard InChI is InChI=1S/C16H21N3O5S/c1-6-17-14(20)9(2)25-16-19-18-15(24-16)10-7-11(21-3)13(23-5)12(8-10)22-4/h7-9H,6H2,1-5H3,(H,17,20)/t9-/m1/s1. The Bertz CT molecular complexity index is 709. The lowest BCUT2D eigenvalue weighted by Gasteiger charge is -2.12. The molecule has 0 spiro atoms. The van der Waals surface area contributed by atoms with E-state index in [1.807, 2.05) is 6.92 Å². The number of methoxy groups -OCH3 is 3. The SMILES string of the molecule is CCNC(=O)[C@@H](C)Sc1nnc(-c2cc(OC)c(OC)c(OC)c2)o1. The number of amides is 1. The Labute approximate surface area is 150 Å². The Hall–Kier alpha value is -2.42. The average Bonchev–Trinajstić information content (AvgIpc) is 3.08. The van der Waals surface area contributed by atoms with Crippen molar-refractivity contribution in [2.75, 3.05) is 27.9 Å². The Morgan fingerprint density at radius 1 is 1.20 bits per heavy atom. The molecule has 2 rings (SSSR count). The Morgan fingerprint density at radius 3 is 2.36 bits per heavy atom. The van der Waals surface area contributed by atoms with Crippen LogP contribution in [0.5, 0.6) is 17.2 Å². The van der Waals surface area contributed by atoms with Gasteiger partial charge in [0.15, 0.2) is 11.5 Å². The summed E-state index contributed by atoms with van der Waals surface area (Å²) in [6.07, 6.45) is 0. The number of rotatable bonds is 8. The molecule has 9 heteroatoms. The van der Waals surface area contributed by atoms with Crippen LogP contribution in [0.15, 0.2) is 21.8 Å². The molecule has 1 atom stereocenters. The summed E-state index contributed by atoms with van der Waals surface area (Å²) in [6, 6.07) is 3.44. The van der Waals surface area contributed by atoms with Gasteiger partial charge in [0.25, 0.3) is 5.22 Å². The molecule has 1 aromatic carbocycles. The number of carbonyl (C=O) groups is 1. The summed E-state index contributed by atoms with van der Waals surface area (Å²) in [5.41, 5.74) is 0.625. The lowest BCUT2D eigenvalue weighted by Crippen LogP contribution is -2.30. The molecule has 0 radical (unpaired) electrons. The van der Waals surface area contributed by atoms with Crippen LogP contribution in [0.3, 0.4) is 0 Å². The van der Waals surface area contributed by atoms with Crippen molar-refractivity contribution in [2.24, 2.45) is 0 Å². The van der Waals surface area contributed by atoms with Crippen LogP contribution in [0.4, 0.5) is 0 Å². The molecule has 0 fully saturated rings. The summed E-state index contributed by atoms with van der Waals surface area (Å²) in [7, 11) is 4.60. The molecule has 0 saturated carbocycles. The van der Waals surface area contributed by atoms with Crippen LogP contribution in [0.25, 0.3) is 11.5 Å². The maximum absolute atomic E-state index is 11.8. The smallest absolute Gasteiger partial charge is 0.277 e. The molecule has 25 heavy (non-hydrogen) atoms. The van der Waals surface area contributed by atoms with Crippen molar-refractivity contribution in [1.82, 2.24) is 15.5 Å². The highest BCUT2D eigenvalue weighted by atomic mass is 32.2. The second-order valence-corrected chi connectivity index (χ2v) is 6.23. The third kappa shape index (κ3) is 4.36. The zero-order valence-electron chi connectivity index (χ0n) is 14.8. The molecular formula is C16H21N3O5S. The van der Waals surface area contributed by atoms with E-state index in [0.29, 0.717) is 40.5 Å². The summed E-state index contributed by atoms with van der Waals surface area (Å²) in [6.45, 7) is 4.22. The molecule has 136 valence electrons. The lowest BCUT2D eigenvalue weighted by molar-refractivity contribution is -0.120. The predicted octanol–water partition coefficient (Wildman–Crippen LogP) is 2.38. The van der Waals surface area contributed by atoms with Gasteiger partial charge in [-0.3, -0.25) is 4.79 Å². The Balaban J connectivity index is 2.26. The molecular weight excluding hydrogens is 346 g/mol. The van der Waals surface area contributed by atoms with Gasteiger partial charge in [-0.1, -0.05) is 11.8 Å². The first-order valence-corrected chi connectivity index (χ1v) is 8.50. The molecule has 8 nitrogen and oxygen atoms in total. The van der Waals surface area contributed by atoms with Crippen LogP contribution in [-0.4, -0.2) is 49.2 Å². The monoisotopic (exact) mass is 367 g/mol. The zero-order valence-corrected chi connectivity index (χ0v) is 15.6. The van der Waals surface area contributed by atoms with Gasteiger partial charge in [0.05, 0.1) is 26.6 Å². The minimum atomic E-state index is -0.340. The van der Waals surface area contributed by atoms with Gasteiger partial charge in [0.1, 0.15) is 0 Å². The van der Waals surface area contributed by atoms with Gasteiger partial charge in [-0.05, 0) is 26.0 Å². The van der Waals surface area contributed by atoms with Crippen LogP contribution in [-0.2, 0) is 4.79 Å². The molecule has 0 aliphatic rings. The first-order valence-electron chi connectivity index (χ1n) is 7.62. The van der Waals surface area contributed by atoms with Crippen LogP contribution in [0.2, 0.25) is 0 Å². The molecule has 0 aliphatic heterocycles. The molecule has 0 aliphatic carbocycles. The number of hydrogen-bond donors (Lipinski definition) is 1. The fourth-order valence-electron chi connectivity index (χ4n) is 2.10. The third-order valence-corrected chi connectivity index (χ3v) is 4.25. The van der Waals surface area contributed by atoms with Crippen molar-refractivity contribution in [3.63, 3.8) is 0 Å². The van der Waals surface area contributed by atoms with Gasteiger partial charge in [0, 0.05) is 12.1 Å². The van der Waals surface area contributed by atoms with Crippen molar-refractivity contribution in [2.45, 2.75) is 24.3 Å². The van der Waals surface area contributed by atoms with E-state index in [1.165, 1.54) is 33.1 Å². The summed E-state index contributed by atoms with van der Waals surface area (Å²) < 4.78 is 21.6. The maximum Gasteiger partial charge on any atom is 0.277 e. The summed E-state index contributed by atoms with van der Waals surface area (Å²) in [5.74, 6) is 1.66. The zero-order chi connectivity index (χ0) is 18.4. The van der Waals surface area contributed by atoms with E-state index in [2.05, 4.69) is 15.5 Å². The van der Waals surface area contributed by atoms with Crippen LogP contribution < -0.4 is 19.5 Å². The fourth-order valence-corrected chi connectivity index (χ4v) is 2.81. The molecule has 1 amide bonds. The van der Waals surface area contributed by atoms with E-state index < -0.39 is 0 Å². The summed E-state index contributed by atoms with van der Waals surface area (Å²) in [5, 5.41) is 10.7. The van der Waals surface area contributed by atoms with Crippen molar-refractivity contribution < 1.29 is 23.4 Å². The average molecular weight is 367 g/mol. The Kier molecular flexibility index (Phi) is 6.51. The minimum absolute atomic E-state index is 0.0833. The highest BCUT2D eigenvalue weighted by Gasteiger charge is 2.20. The summed E-state index contributed by atoms with van der Waals surface area (Å²) in [4.78, 5) is 11.8. The minimum Gasteiger partial charge on any atom is -0.493 e. The number of benzene rings is 1.